The highest BCUT2D eigenvalue weighted by atomic mass is 32.2. The molecule has 0 amide bonds. The fourth-order valence-electron chi connectivity index (χ4n) is 1.38. The van der Waals surface area contributed by atoms with Crippen molar-refractivity contribution in [2.45, 2.75) is 38.1 Å². The third kappa shape index (κ3) is 3.43. The SMILES string of the molecule is CC(CCn1cncc1[C@H](C)N)S(C)=O. The van der Waals surface area contributed by atoms with Crippen LogP contribution in [-0.4, -0.2) is 25.3 Å². The molecule has 0 fully saturated rings. The maximum absolute atomic E-state index is 11.2. The average Bonchev–Trinajstić information content (AvgIpc) is 2.61. The van der Waals surface area contributed by atoms with Crippen LogP contribution in [0.5, 0.6) is 0 Å². The molecule has 15 heavy (non-hydrogen) atoms. The molecule has 0 saturated heterocycles. The molecule has 0 aliphatic heterocycles. The Hall–Kier alpha value is -0.680. The molecular weight excluding hydrogens is 210 g/mol. The summed E-state index contributed by atoms with van der Waals surface area (Å²) in [7, 11) is -0.754. The molecule has 1 rings (SSSR count). The molecule has 0 aromatic carbocycles. The van der Waals surface area contributed by atoms with Crippen molar-refractivity contribution in [2.24, 2.45) is 5.73 Å². The molecule has 5 heteroatoms. The lowest BCUT2D eigenvalue weighted by Gasteiger charge is -2.13. The highest BCUT2D eigenvalue weighted by molar-refractivity contribution is 7.84. The molecule has 0 radical (unpaired) electrons. The Kier molecular flexibility index (Phi) is 4.47. The number of imidazole rings is 1. The van der Waals surface area contributed by atoms with Crippen molar-refractivity contribution in [3.8, 4) is 0 Å². The monoisotopic (exact) mass is 229 g/mol. The first-order chi connectivity index (χ1) is 7.02. The van der Waals surface area contributed by atoms with E-state index in [1.165, 1.54) is 0 Å². The van der Waals surface area contributed by atoms with Crippen LogP contribution in [0.4, 0.5) is 0 Å². The Labute approximate surface area is 93.3 Å². The number of nitrogens with zero attached hydrogens (tertiary/aromatic N) is 2. The van der Waals surface area contributed by atoms with Crippen LogP contribution in [0.25, 0.3) is 0 Å². The van der Waals surface area contributed by atoms with Crippen molar-refractivity contribution in [2.75, 3.05) is 6.26 Å². The third-order valence-corrected chi connectivity index (χ3v) is 3.92. The maximum atomic E-state index is 11.2. The van der Waals surface area contributed by atoms with E-state index < -0.39 is 10.8 Å². The minimum absolute atomic E-state index is 0.00469. The van der Waals surface area contributed by atoms with E-state index in [2.05, 4.69) is 4.98 Å². The van der Waals surface area contributed by atoms with Crippen LogP contribution >= 0.6 is 0 Å². The minimum Gasteiger partial charge on any atom is -0.333 e. The Morgan fingerprint density at radius 2 is 2.27 bits per heavy atom. The van der Waals surface area contributed by atoms with Gasteiger partial charge in [-0.2, -0.15) is 0 Å². The molecule has 1 heterocycles. The summed E-state index contributed by atoms with van der Waals surface area (Å²) in [6.07, 6.45) is 6.20. The Balaban J connectivity index is 2.57. The van der Waals surface area contributed by atoms with Gasteiger partial charge in [-0.15, -0.1) is 0 Å². The van der Waals surface area contributed by atoms with Crippen LogP contribution in [0.15, 0.2) is 12.5 Å². The van der Waals surface area contributed by atoms with Gasteiger partial charge >= 0.3 is 0 Å². The van der Waals surface area contributed by atoms with Gasteiger partial charge in [0.2, 0.25) is 0 Å². The summed E-state index contributed by atoms with van der Waals surface area (Å²) in [4.78, 5) is 4.07. The molecule has 0 bridgehead atoms. The number of aromatic nitrogens is 2. The van der Waals surface area contributed by atoms with Gasteiger partial charge in [-0.1, -0.05) is 6.92 Å². The third-order valence-electron chi connectivity index (χ3n) is 2.55. The van der Waals surface area contributed by atoms with Gasteiger partial charge in [-0.05, 0) is 13.3 Å². The van der Waals surface area contributed by atoms with E-state index in [1.54, 1.807) is 18.8 Å². The van der Waals surface area contributed by atoms with Gasteiger partial charge in [0.15, 0.2) is 0 Å². The summed E-state index contributed by atoms with van der Waals surface area (Å²) >= 11 is 0. The lowest BCUT2D eigenvalue weighted by molar-refractivity contribution is 0.583. The maximum Gasteiger partial charge on any atom is 0.0948 e. The van der Waals surface area contributed by atoms with Crippen molar-refractivity contribution < 1.29 is 4.21 Å². The fourth-order valence-corrected chi connectivity index (χ4v) is 1.82. The second kappa shape index (κ2) is 5.42. The molecule has 1 aromatic rings. The zero-order valence-corrected chi connectivity index (χ0v) is 10.3. The van der Waals surface area contributed by atoms with Crippen LogP contribution < -0.4 is 5.73 Å². The first kappa shape index (κ1) is 12.4. The number of rotatable bonds is 5. The van der Waals surface area contributed by atoms with Crippen LogP contribution in [0, 0.1) is 0 Å². The van der Waals surface area contributed by atoms with Gasteiger partial charge in [0.25, 0.3) is 0 Å². The highest BCUT2D eigenvalue weighted by Crippen LogP contribution is 2.10. The van der Waals surface area contributed by atoms with Crippen molar-refractivity contribution in [1.29, 1.82) is 0 Å². The summed E-state index contributed by atoms with van der Waals surface area (Å²) in [6, 6.07) is -0.00469. The Morgan fingerprint density at radius 1 is 1.60 bits per heavy atom. The lowest BCUT2D eigenvalue weighted by atomic mass is 10.2. The van der Waals surface area contributed by atoms with E-state index in [0.29, 0.717) is 0 Å². The average molecular weight is 229 g/mol. The van der Waals surface area contributed by atoms with Crippen LogP contribution in [0.2, 0.25) is 0 Å². The van der Waals surface area contributed by atoms with Gasteiger partial charge < -0.3 is 10.3 Å². The van der Waals surface area contributed by atoms with E-state index >= 15 is 0 Å². The molecule has 86 valence electrons. The summed E-state index contributed by atoms with van der Waals surface area (Å²) < 4.78 is 13.2. The van der Waals surface area contributed by atoms with E-state index in [4.69, 9.17) is 5.73 Å². The molecule has 4 nitrogen and oxygen atoms in total. The summed E-state index contributed by atoms with van der Waals surface area (Å²) in [5, 5.41) is 0.216. The molecule has 2 unspecified atom stereocenters. The highest BCUT2D eigenvalue weighted by Gasteiger charge is 2.09. The van der Waals surface area contributed by atoms with Crippen LogP contribution in [0.3, 0.4) is 0 Å². The van der Waals surface area contributed by atoms with E-state index in [0.717, 1.165) is 18.7 Å². The number of nitrogens with two attached hydrogens (primary N) is 1. The normalized spacial score (nSPS) is 17.3. The minimum atomic E-state index is -0.754. The zero-order chi connectivity index (χ0) is 11.4. The second-order valence-corrected chi connectivity index (χ2v) is 5.70. The molecule has 2 N–H and O–H groups in total. The van der Waals surface area contributed by atoms with Crippen molar-refractivity contribution in [1.82, 2.24) is 9.55 Å². The zero-order valence-electron chi connectivity index (χ0n) is 9.51. The van der Waals surface area contributed by atoms with E-state index in [9.17, 15) is 4.21 Å². The molecule has 1 aromatic heterocycles. The summed E-state index contributed by atoms with van der Waals surface area (Å²) in [5.41, 5.74) is 6.84. The second-order valence-electron chi connectivity index (χ2n) is 3.90. The van der Waals surface area contributed by atoms with Gasteiger partial charge in [0.1, 0.15) is 0 Å². The Bertz CT molecular complexity index is 335. The van der Waals surface area contributed by atoms with Crippen LogP contribution in [0.1, 0.15) is 32.0 Å². The van der Waals surface area contributed by atoms with Gasteiger partial charge in [0, 0.05) is 41.1 Å². The summed E-state index contributed by atoms with van der Waals surface area (Å²) in [6.45, 7) is 4.77. The van der Waals surface area contributed by atoms with Crippen molar-refractivity contribution in [3.05, 3.63) is 18.2 Å². The lowest BCUT2D eigenvalue weighted by Crippen LogP contribution is -2.16. The first-order valence-electron chi connectivity index (χ1n) is 5.10. The molecular formula is C10H19N3OS. The molecule has 0 aliphatic carbocycles. The topological polar surface area (TPSA) is 60.9 Å². The molecule has 0 saturated carbocycles. The van der Waals surface area contributed by atoms with Gasteiger partial charge in [-0.3, -0.25) is 4.21 Å². The molecule has 0 spiro atoms. The van der Waals surface area contributed by atoms with E-state index in [-0.39, 0.29) is 11.3 Å². The number of hydrogen-bond donors (Lipinski definition) is 1. The predicted octanol–water partition coefficient (Wildman–Crippen LogP) is 1.06. The van der Waals surface area contributed by atoms with Crippen LogP contribution in [-0.2, 0) is 17.3 Å². The summed E-state index contributed by atoms with van der Waals surface area (Å²) in [5.74, 6) is 0. The van der Waals surface area contributed by atoms with E-state index in [1.807, 2.05) is 18.4 Å². The predicted molar refractivity (Wildman–Crippen MR) is 63.0 cm³/mol. The fraction of sp³-hybridized carbons (Fsp3) is 0.700. The Morgan fingerprint density at radius 3 is 2.80 bits per heavy atom. The largest absolute Gasteiger partial charge is 0.333 e. The van der Waals surface area contributed by atoms with Crippen molar-refractivity contribution >= 4 is 10.8 Å². The number of hydrogen-bond acceptors (Lipinski definition) is 3. The molecule has 3 atom stereocenters. The smallest absolute Gasteiger partial charge is 0.0948 e. The quantitative estimate of drug-likeness (QED) is 0.821. The van der Waals surface area contributed by atoms with Crippen molar-refractivity contribution in [3.63, 3.8) is 0 Å². The molecule has 0 aliphatic rings. The van der Waals surface area contributed by atoms with Gasteiger partial charge in [-0.25, -0.2) is 4.98 Å². The van der Waals surface area contributed by atoms with Gasteiger partial charge in [0.05, 0.1) is 12.0 Å². The standard InChI is InChI=1S/C10H19N3OS/c1-8(15(3)14)4-5-13-7-12-6-10(13)9(2)11/h6-9H,4-5,11H2,1-3H3/t8?,9-,15?/m0/s1. The number of aryl methyl sites for hydroxylation is 1. The first-order valence-corrected chi connectivity index (χ1v) is 6.72.